The molecule has 6 aliphatic rings. The van der Waals surface area contributed by atoms with Crippen molar-refractivity contribution >= 4 is 58.1 Å². The highest BCUT2D eigenvalue weighted by molar-refractivity contribution is 6.01. The van der Waals surface area contributed by atoms with E-state index in [9.17, 15) is 53.7 Å². The van der Waals surface area contributed by atoms with E-state index in [-0.39, 0.29) is 84.4 Å². The number of aromatic carboxylic acids is 1. The number of carbonyl (C=O) groups is 7. The smallest absolute Gasteiger partial charge is 0.413 e. The zero-order valence-electron chi connectivity index (χ0n) is 39.5. The summed E-state index contributed by atoms with van der Waals surface area (Å²) >= 11 is 0. The molecule has 0 bridgehead atoms. The Labute approximate surface area is 401 Å². The number of aliphatic hydroxyl groups excluding tert-OH is 1. The third-order valence-electron chi connectivity index (χ3n) is 15.9. The van der Waals surface area contributed by atoms with Crippen LogP contribution < -0.4 is 20.8 Å². The van der Waals surface area contributed by atoms with Crippen molar-refractivity contribution < 1.29 is 77.0 Å². The Hall–Kier alpha value is -6.19. The largest absolute Gasteiger partial charge is 0.492 e. The van der Waals surface area contributed by atoms with Gasteiger partial charge in [0.05, 0.1) is 37.0 Å². The fourth-order valence-electron chi connectivity index (χ4n) is 12.1. The summed E-state index contributed by atoms with van der Waals surface area (Å²) in [5, 5.41) is 33.0. The van der Waals surface area contributed by atoms with E-state index < -0.39 is 120 Å². The molecule has 5 aliphatic carbocycles. The van der Waals surface area contributed by atoms with E-state index >= 15 is 4.39 Å². The molecular formula is C49H59FN4O16. The van der Waals surface area contributed by atoms with Gasteiger partial charge in [-0.25, -0.2) is 14.0 Å². The Bertz CT molecular complexity index is 2650. The third kappa shape index (κ3) is 8.95. The lowest BCUT2D eigenvalue weighted by Gasteiger charge is -2.59. The molecule has 3 unspecified atom stereocenters. The van der Waals surface area contributed by atoms with Crippen molar-refractivity contribution in [2.75, 3.05) is 51.7 Å². The van der Waals surface area contributed by atoms with Gasteiger partial charge in [0, 0.05) is 54.7 Å². The maximum absolute atomic E-state index is 15.9. The van der Waals surface area contributed by atoms with Gasteiger partial charge in [-0.3, -0.25) is 28.8 Å². The number of carboxylic acid groups (broad SMARTS) is 1. The highest BCUT2D eigenvalue weighted by Crippen LogP contribution is 2.67. The van der Waals surface area contributed by atoms with E-state index in [4.69, 9.17) is 29.4 Å². The minimum Gasteiger partial charge on any atom is -0.492 e. The fraction of sp³-hybridized carbons (Fsp3) is 0.592. The Morgan fingerprint density at radius 1 is 0.986 bits per heavy atom. The number of benzene rings is 1. The minimum absolute atomic E-state index is 0.0116. The number of nitrogens with two attached hydrogens (primary N) is 1. The van der Waals surface area contributed by atoms with E-state index in [0.29, 0.717) is 19.3 Å². The highest BCUT2D eigenvalue weighted by atomic mass is 19.1. The van der Waals surface area contributed by atoms with Crippen molar-refractivity contribution in [3.05, 3.63) is 57.7 Å². The van der Waals surface area contributed by atoms with Crippen LogP contribution in [0.2, 0.25) is 0 Å². The number of aliphatic hydroxyl groups is 2. The van der Waals surface area contributed by atoms with Crippen LogP contribution in [0, 0.1) is 34.4 Å². The van der Waals surface area contributed by atoms with Gasteiger partial charge in [-0.2, -0.15) is 0 Å². The van der Waals surface area contributed by atoms with Gasteiger partial charge in [0.25, 0.3) is 0 Å². The quantitative estimate of drug-likeness (QED) is 0.113. The normalized spacial score (nSPS) is 29.5. The summed E-state index contributed by atoms with van der Waals surface area (Å²) in [6, 6.07) is -1.14. The van der Waals surface area contributed by atoms with Gasteiger partial charge in [-0.05, 0) is 81.9 Å². The summed E-state index contributed by atoms with van der Waals surface area (Å²) in [6.07, 6.45) is 7.31. The lowest BCUT2D eigenvalue weighted by molar-refractivity contribution is -0.181. The average molecular weight is 979 g/mol. The van der Waals surface area contributed by atoms with E-state index in [1.54, 1.807) is 22.5 Å². The number of amides is 1. The molecule has 9 atom stereocenters. The first kappa shape index (κ1) is 50.2. The molecule has 0 radical (unpaired) electrons. The second kappa shape index (κ2) is 19.2. The molecule has 1 aliphatic heterocycles. The Kier molecular flexibility index (Phi) is 13.8. The van der Waals surface area contributed by atoms with E-state index in [1.165, 1.54) is 24.3 Å². The van der Waals surface area contributed by atoms with Gasteiger partial charge in [-0.1, -0.05) is 25.5 Å². The van der Waals surface area contributed by atoms with Crippen molar-refractivity contribution in [1.29, 1.82) is 0 Å². The lowest BCUT2D eigenvalue weighted by atomic mass is 9.46. The maximum Gasteiger partial charge on any atom is 0.413 e. The van der Waals surface area contributed by atoms with Crippen LogP contribution in [0.15, 0.2) is 40.9 Å². The second-order valence-electron chi connectivity index (χ2n) is 19.9. The number of esters is 3. The average Bonchev–Trinajstić information content (AvgIpc) is 4.12. The number of nitrogens with zero attached hydrogens (tertiary/aromatic N) is 3. The first-order valence-electron chi connectivity index (χ1n) is 23.6. The molecule has 1 amide bonds. The van der Waals surface area contributed by atoms with Crippen LogP contribution in [0.3, 0.4) is 0 Å². The number of aromatic nitrogens is 1. The van der Waals surface area contributed by atoms with E-state index in [2.05, 4.69) is 0 Å². The number of pyridine rings is 1. The number of piperazine rings is 1. The van der Waals surface area contributed by atoms with Crippen molar-refractivity contribution in [3.63, 3.8) is 0 Å². The van der Waals surface area contributed by atoms with Crippen LogP contribution in [-0.4, -0.2) is 137 Å². The second-order valence-corrected chi connectivity index (χ2v) is 19.9. The molecule has 4 saturated carbocycles. The molecule has 1 saturated heterocycles. The number of halogens is 1. The molecule has 2 aromatic rings. The van der Waals surface area contributed by atoms with E-state index in [1.807, 2.05) is 19.9 Å². The summed E-state index contributed by atoms with van der Waals surface area (Å²) in [5.41, 5.74) is 2.43. The number of fused-ring (bicyclic) bond motifs is 6. The fourth-order valence-corrected chi connectivity index (χ4v) is 12.1. The molecule has 2 heterocycles. The molecule has 5 N–H and O–H groups in total. The number of carbonyl (C=O) groups excluding carboxylic acids is 6. The Balaban J connectivity index is 0.753. The number of allylic oxidation sites excluding steroid dienone is 4. The third-order valence-corrected chi connectivity index (χ3v) is 15.9. The van der Waals surface area contributed by atoms with Gasteiger partial charge in [0.1, 0.15) is 29.5 Å². The van der Waals surface area contributed by atoms with Crippen LogP contribution in [0.4, 0.5) is 14.9 Å². The minimum atomic E-state index is -1.86. The van der Waals surface area contributed by atoms with Gasteiger partial charge >= 0.3 is 30.0 Å². The molecule has 70 heavy (non-hydrogen) atoms. The number of Topliss-reactive ketones (excluding diaryl/α,β-unsaturated/α-hetero) is 1. The zero-order chi connectivity index (χ0) is 50.6. The van der Waals surface area contributed by atoms with E-state index in [0.717, 1.165) is 24.5 Å². The molecule has 1 aromatic carbocycles. The molecule has 1 aromatic heterocycles. The van der Waals surface area contributed by atoms with Crippen LogP contribution >= 0.6 is 0 Å². The highest BCUT2D eigenvalue weighted by Gasteiger charge is 2.68. The van der Waals surface area contributed by atoms with Crippen molar-refractivity contribution in [2.24, 2.45) is 34.3 Å². The van der Waals surface area contributed by atoms with Crippen LogP contribution in [0.1, 0.15) is 95.0 Å². The number of hydrogen-bond donors (Lipinski definition) is 4. The summed E-state index contributed by atoms with van der Waals surface area (Å²) < 4.78 is 43.5. The number of carboxylic acids is 1. The van der Waals surface area contributed by atoms with Gasteiger partial charge in [0.2, 0.25) is 18.0 Å². The predicted octanol–water partition coefficient (Wildman–Crippen LogP) is 3.10. The Morgan fingerprint density at radius 2 is 1.70 bits per heavy atom. The van der Waals surface area contributed by atoms with Crippen LogP contribution in [0.5, 0.6) is 5.75 Å². The topological polar surface area (TPSA) is 281 Å². The number of ketones is 2. The predicted molar refractivity (Wildman–Crippen MR) is 243 cm³/mol. The van der Waals surface area contributed by atoms with Gasteiger partial charge < -0.3 is 59.1 Å². The standard InChI is InChI=1S/C49H59FN4O16/c1-25-20-52(41-33(50)18-30-40(43(41)66-4)54(27-6-7-27)21-31(42(30)60)44(61)62)15-16-53(25)46(64)70-24-69-45(63)34(51)22-67-37(58)9-10-38(59)68-23-36(57)49(65)14-12-32-29-8-5-26-17-28(55)11-13-47(26,2)39(29)35(56)19-48(32,49)3/h11,13,17-18,21,25,27,29,32,34-35,39,56,65H,5-10,12,14-16,19-20,22-24,51H2,1-4H3,(H,61,62)/t25?,29?,32-,34?,35-,39+,47-,48-,49-/m0/s1. The summed E-state index contributed by atoms with van der Waals surface area (Å²) in [6.45, 7) is 3.54. The number of rotatable bonds is 15. The summed E-state index contributed by atoms with van der Waals surface area (Å²) in [7, 11) is 1.33. The number of anilines is 1. The molecule has 378 valence electrons. The molecule has 0 spiro atoms. The van der Waals surface area contributed by atoms with Gasteiger partial charge in [-0.15, -0.1) is 0 Å². The number of ether oxygens (including phenoxy) is 5. The maximum atomic E-state index is 15.9. The summed E-state index contributed by atoms with van der Waals surface area (Å²) in [5.74, 6) is -6.15. The first-order valence-corrected chi connectivity index (χ1v) is 23.6. The SMILES string of the molecule is COc1c(N2CCN(C(=O)OCOC(=O)C(N)COC(=O)CCC(=O)OCC(=O)[C@@]3(O)CC[C@H]4C5CCC6=CC(=O)C=C[C@]6(C)[C@H]5[C@@H](O)C[C@@]43C)C(C)C2)c(F)cc2c(=O)c(C(=O)O)cn(C3CC3)c12. The number of methoxy groups -OCH3 is 1. The lowest BCUT2D eigenvalue weighted by Crippen LogP contribution is -2.61. The monoisotopic (exact) mass is 978 g/mol. The Morgan fingerprint density at radius 3 is 2.37 bits per heavy atom. The zero-order valence-corrected chi connectivity index (χ0v) is 39.5. The molecule has 8 rings (SSSR count). The van der Waals surface area contributed by atoms with Crippen molar-refractivity contribution in [1.82, 2.24) is 9.47 Å². The van der Waals surface area contributed by atoms with Gasteiger partial charge in [0.15, 0.2) is 24.0 Å². The first-order chi connectivity index (χ1) is 33.1. The van der Waals surface area contributed by atoms with Crippen molar-refractivity contribution in [2.45, 2.75) is 108 Å². The number of hydrogen-bond acceptors (Lipinski definition) is 17. The van der Waals surface area contributed by atoms with Crippen LogP contribution in [-0.2, 0) is 42.9 Å². The van der Waals surface area contributed by atoms with Crippen molar-refractivity contribution in [3.8, 4) is 5.75 Å². The molecule has 20 nitrogen and oxygen atoms in total. The van der Waals surface area contributed by atoms with Crippen LogP contribution in [0.25, 0.3) is 10.9 Å². The molecule has 5 fully saturated rings. The summed E-state index contributed by atoms with van der Waals surface area (Å²) in [4.78, 5) is 104. The molecular weight excluding hydrogens is 920 g/mol. The molecule has 21 heteroatoms.